The fourth-order valence-electron chi connectivity index (χ4n) is 7.79. The Labute approximate surface area is 266 Å². The molecule has 3 heteroatoms. The van der Waals surface area contributed by atoms with E-state index >= 15 is 0 Å². The zero-order chi connectivity index (χ0) is 30.2. The minimum Gasteiger partial charge on any atom is -0.457 e. The highest BCUT2D eigenvalue weighted by Crippen LogP contribution is 2.63. The van der Waals surface area contributed by atoms with E-state index in [2.05, 4.69) is 163 Å². The minimum atomic E-state index is -0.634. The Bertz CT molecular complexity index is 2410. The Morgan fingerprint density at radius 3 is 1.78 bits per heavy atom. The van der Waals surface area contributed by atoms with Gasteiger partial charge >= 0.3 is 0 Å². The first-order valence-corrected chi connectivity index (χ1v) is 15.7. The van der Waals surface area contributed by atoms with Crippen molar-refractivity contribution in [1.82, 2.24) is 0 Å². The summed E-state index contributed by atoms with van der Waals surface area (Å²) in [5.41, 5.74) is 11.5. The van der Waals surface area contributed by atoms with Gasteiger partial charge in [-0.15, -0.1) is 0 Å². The summed E-state index contributed by atoms with van der Waals surface area (Å²) in [4.78, 5) is 2.42. The molecule has 1 aromatic heterocycles. The summed E-state index contributed by atoms with van der Waals surface area (Å²) >= 11 is 0. The van der Waals surface area contributed by atoms with Crippen LogP contribution in [0.1, 0.15) is 22.3 Å². The summed E-state index contributed by atoms with van der Waals surface area (Å²) in [6.07, 6.45) is 0. The fourth-order valence-corrected chi connectivity index (χ4v) is 7.79. The zero-order valence-electron chi connectivity index (χ0n) is 24.9. The maximum atomic E-state index is 6.60. The molecule has 0 N–H and O–H groups in total. The van der Waals surface area contributed by atoms with E-state index in [1.54, 1.807) is 0 Å². The van der Waals surface area contributed by atoms with E-state index in [0.29, 0.717) is 0 Å². The molecule has 3 nitrogen and oxygen atoms in total. The second-order valence-electron chi connectivity index (χ2n) is 12.1. The number of fused-ring (bicyclic) bond motifs is 11. The van der Waals surface area contributed by atoms with Gasteiger partial charge in [0.25, 0.3) is 0 Å². The van der Waals surface area contributed by atoms with Crippen molar-refractivity contribution in [3.63, 3.8) is 0 Å². The number of hydrogen-bond donors (Lipinski definition) is 0. The van der Waals surface area contributed by atoms with Gasteiger partial charge in [0.1, 0.15) is 22.7 Å². The molecule has 0 aliphatic carbocycles. The second-order valence-corrected chi connectivity index (χ2v) is 12.1. The van der Waals surface area contributed by atoms with Crippen molar-refractivity contribution in [3.05, 3.63) is 186 Å². The first kappa shape index (κ1) is 25.3. The Hall–Kier alpha value is -6.06. The largest absolute Gasteiger partial charge is 0.457 e. The van der Waals surface area contributed by atoms with Gasteiger partial charge in [-0.1, -0.05) is 115 Å². The predicted octanol–water partition coefficient (Wildman–Crippen LogP) is 11.5. The molecule has 0 atom stereocenters. The van der Waals surface area contributed by atoms with Gasteiger partial charge in [0.05, 0.1) is 16.8 Å². The molecule has 0 bridgehead atoms. The van der Waals surface area contributed by atoms with Gasteiger partial charge < -0.3 is 14.1 Å². The van der Waals surface area contributed by atoms with Crippen LogP contribution in [0, 0.1) is 0 Å². The van der Waals surface area contributed by atoms with Crippen molar-refractivity contribution in [2.45, 2.75) is 5.41 Å². The van der Waals surface area contributed by atoms with Crippen LogP contribution < -0.4 is 9.64 Å². The van der Waals surface area contributed by atoms with Crippen LogP contribution in [-0.4, -0.2) is 0 Å². The monoisotopic (exact) mass is 589 g/mol. The van der Waals surface area contributed by atoms with Crippen LogP contribution in [0.25, 0.3) is 33.1 Å². The van der Waals surface area contributed by atoms with Crippen LogP contribution in [0.15, 0.2) is 168 Å². The van der Waals surface area contributed by atoms with E-state index in [-0.39, 0.29) is 0 Å². The van der Waals surface area contributed by atoms with E-state index in [0.717, 1.165) is 67.2 Å². The molecular weight excluding hydrogens is 562 g/mol. The fraction of sp³-hybridized carbons (Fsp3) is 0.0233. The van der Waals surface area contributed by atoms with Gasteiger partial charge in [-0.25, -0.2) is 0 Å². The van der Waals surface area contributed by atoms with Gasteiger partial charge in [0, 0.05) is 27.6 Å². The number of furan rings is 1. The quantitative estimate of drug-likeness (QED) is 0.201. The van der Waals surface area contributed by atoms with Crippen LogP contribution in [0.3, 0.4) is 0 Å². The van der Waals surface area contributed by atoms with Crippen molar-refractivity contribution in [2.75, 3.05) is 4.90 Å². The summed E-state index contributed by atoms with van der Waals surface area (Å²) in [6.45, 7) is 0. The number of ether oxygens (including phenoxy) is 1. The molecule has 216 valence electrons. The highest BCUT2D eigenvalue weighted by atomic mass is 16.5. The Morgan fingerprint density at radius 1 is 0.413 bits per heavy atom. The summed E-state index contributed by atoms with van der Waals surface area (Å²) < 4.78 is 13.2. The summed E-state index contributed by atoms with van der Waals surface area (Å²) in [6, 6.07) is 58.2. The molecule has 0 fully saturated rings. The lowest BCUT2D eigenvalue weighted by molar-refractivity contribution is 0.434. The van der Waals surface area contributed by atoms with Gasteiger partial charge in [-0.3, -0.25) is 0 Å². The Morgan fingerprint density at radius 2 is 1.02 bits per heavy atom. The van der Waals surface area contributed by atoms with Crippen molar-refractivity contribution in [1.29, 1.82) is 0 Å². The maximum Gasteiger partial charge on any atom is 0.135 e. The van der Waals surface area contributed by atoms with E-state index in [4.69, 9.17) is 9.15 Å². The number of hydrogen-bond acceptors (Lipinski definition) is 3. The summed E-state index contributed by atoms with van der Waals surface area (Å²) in [5, 5.41) is 2.21. The van der Waals surface area contributed by atoms with Crippen molar-refractivity contribution in [3.8, 4) is 22.6 Å². The van der Waals surface area contributed by atoms with E-state index in [9.17, 15) is 0 Å². The number of anilines is 3. The summed E-state index contributed by atoms with van der Waals surface area (Å²) in [5.74, 6) is 1.74. The standard InChI is InChI=1S/C43H27NO2/c1-2-12-28(13-3-1)29-22-24-30(25-23-29)44-37-18-8-5-15-33(37)43(34-16-6-10-20-40(34)46-41-21-11-7-17-35(41)43)36-27-42-32(26-38(36)44)31-14-4-9-19-39(31)45-42/h1-27H. The molecule has 2 aliphatic heterocycles. The van der Waals surface area contributed by atoms with Crippen molar-refractivity contribution in [2.24, 2.45) is 0 Å². The molecule has 0 radical (unpaired) electrons. The normalized spacial score (nSPS) is 14.0. The molecule has 10 rings (SSSR count). The minimum absolute atomic E-state index is 0.634. The van der Waals surface area contributed by atoms with Crippen LogP contribution in [-0.2, 0) is 5.41 Å². The van der Waals surface area contributed by atoms with Crippen LogP contribution in [0.5, 0.6) is 11.5 Å². The SMILES string of the molecule is c1ccc(-c2ccc(N3c4ccccc4C4(c5ccccc5Oc5ccccc54)c4cc5oc6ccccc6c5cc43)cc2)cc1. The van der Waals surface area contributed by atoms with Crippen molar-refractivity contribution >= 4 is 39.0 Å². The van der Waals surface area contributed by atoms with Crippen molar-refractivity contribution < 1.29 is 9.15 Å². The zero-order valence-corrected chi connectivity index (χ0v) is 24.9. The molecule has 0 saturated carbocycles. The van der Waals surface area contributed by atoms with Gasteiger partial charge in [-0.05, 0) is 70.8 Å². The first-order valence-electron chi connectivity index (χ1n) is 15.7. The highest BCUT2D eigenvalue weighted by Gasteiger charge is 2.51. The molecular formula is C43H27NO2. The molecule has 0 amide bonds. The lowest BCUT2D eigenvalue weighted by atomic mass is 9.61. The van der Waals surface area contributed by atoms with Crippen LogP contribution in [0.4, 0.5) is 17.1 Å². The summed E-state index contributed by atoms with van der Waals surface area (Å²) in [7, 11) is 0. The lowest BCUT2D eigenvalue weighted by Crippen LogP contribution is -2.39. The third-order valence-electron chi connectivity index (χ3n) is 9.72. The van der Waals surface area contributed by atoms with Gasteiger partial charge in [-0.2, -0.15) is 0 Å². The highest BCUT2D eigenvalue weighted by molar-refractivity contribution is 6.08. The number of para-hydroxylation sites is 4. The third-order valence-corrected chi connectivity index (χ3v) is 9.72. The number of benzene rings is 7. The topological polar surface area (TPSA) is 25.6 Å². The van der Waals surface area contributed by atoms with E-state index < -0.39 is 5.41 Å². The molecule has 0 unspecified atom stereocenters. The molecule has 2 aliphatic rings. The van der Waals surface area contributed by atoms with Gasteiger partial charge in [0.2, 0.25) is 0 Å². The van der Waals surface area contributed by atoms with E-state index in [1.807, 2.05) is 6.07 Å². The molecule has 8 aromatic rings. The molecule has 7 aromatic carbocycles. The van der Waals surface area contributed by atoms with E-state index in [1.165, 1.54) is 16.7 Å². The molecule has 46 heavy (non-hydrogen) atoms. The van der Waals surface area contributed by atoms with Crippen LogP contribution >= 0.6 is 0 Å². The molecule has 1 spiro atoms. The average Bonchev–Trinajstić information content (AvgIpc) is 3.49. The third kappa shape index (κ3) is 3.37. The first-order chi connectivity index (χ1) is 22.8. The molecule has 0 saturated heterocycles. The van der Waals surface area contributed by atoms with Crippen LogP contribution in [0.2, 0.25) is 0 Å². The smallest absolute Gasteiger partial charge is 0.135 e. The Balaban J connectivity index is 1.33. The predicted molar refractivity (Wildman–Crippen MR) is 186 cm³/mol. The second kappa shape index (κ2) is 9.47. The lowest BCUT2D eigenvalue weighted by Gasteiger charge is -2.48. The number of nitrogens with zero attached hydrogens (tertiary/aromatic N) is 1. The number of rotatable bonds is 2. The Kier molecular flexibility index (Phi) is 5.20. The maximum absolute atomic E-state index is 6.60. The average molecular weight is 590 g/mol. The molecule has 3 heterocycles. The van der Waals surface area contributed by atoms with Gasteiger partial charge in [0.15, 0.2) is 0 Å².